The number of rotatable bonds is 7. The lowest BCUT2D eigenvalue weighted by molar-refractivity contribution is 0.919. The molecule has 3 N–H and O–H groups in total. The molecule has 2 rings (SSSR count). The van der Waals surface area contributed by atoms with Crippen LogP contribution in [0.15, 0.2) is 21.4 Å². The number of H-pyrrole nitrogens is 1. The molecule has 0 fully saturated rings. The predicted molar refractivity (Wildman–Crippen MR) is 84.9 cm³/mol. The fourth-order valence-electron chi connectivity index (χ4n) is 1.54. The van der Waals surface area contributed by atoms with Crippen molar-refractivity contribution < 1.29 is 0 Å². The maximum absolute atomic E-state index is 11.1. The van der Waals surface area contributed by atoms with Crippen molar-refractivity contribution in [2.75, 3.05) is 23.4 Å². The normalized spacial score (nSPS) is 10.5. The van der Waals surface area contributed by atoms with E-state index < -0.39 is 0 Å². The molecule has 0 radical (unpaired) electrons. The summed E-state index contributed by atoms with van der Waals surface area (Å²) in [4.78, 5) is 22.6. The van der Waals surface area contributed by atoms with Crippen LogP contribution in [-0.4, -0.2) is 27.8 Å². The van der Waals surface area contributed by atoms with Crippen molar-refractivity contribution in [3.63, 3.8) is 0 Å². The third-order valence-corrected chi connectivity index (χ3v) is 3.74. The van der Waals surface area contributed by atoms with Crippen LogP contribution in [0.5, 0.6) is 0 Å². The summed E-state index contributed by atoms with van der Waals surface area (Å²) >= 11 is 2.66. The first-order valence-electron chi connectivity index (χ1n) is 6.28. The fourth-order valence-corrected chi connectivity index (χ4v) is 2.50. The third kappa shape index (κ3) is 4.24. The molecular weight excluding hydrogens is 294 g/mol. The van der Waals surface area contributed by atoms with Crippen LogP contribution in [0.1, 0.15) is 19.0 Å². The van der Waals surface area contributed by atoms with Gasteiger partial charge in [-0.3, -0.25) is 4.79 Å². The van der Waals surface area contributed by atoms with Gasteiger partial charge in [0, 0.05) is 23.7 Å². The summed E-state index contributed by atoms with van der Waals surface area (Å²) in [5.41, 5.74) is 0.854. The minimum Gasteiger partial charge on any atom is -0.370 e. The van der Waals surface area contributed by atoms with Crippen molar-refractivity contribution >= 4 is 34.7 Å². The molecule has 108 valence electrons. The van der Waals surface area contributed by atoms with E-state index >= 15 is 0 Å². The average Bonchev–Trinajstić information content (AvgIpc) is 2.88. The summed E-state index contributed by atoms with van der Waals surface area (Å²) in [7, 11) is 0. The topological polar surface area (TPSA) is 82.7 Å². The summed E-state index contributed by atoms with van der Waals surface area (Å²) in [6.45, 7) is 3.52. The minimum absolute atomic E-state index is 0.0420. The van der Waals surface area contributed by atoms with Gasteiger partial charge in [-0.2, -0.15) is 0 Å². The first-order valence-corrected chi connectivity index (χ1v) is 8.39. The zero-order valence-electron chi connectivity index (χ0n) is 11.4. The molecule has 0 atom stereocenters. The molecule has 0 aliphatic rings. The molecule has 0 unspecified atom stereocenters. The highest BCUT2D eigenvalue weighted by molar-refractivity contribution is 7.98. The van der Waals surface area contributed by atoms with E-state index in [0.717, 1.165) is 41.6 Å². The second-order valence-corrected chi connectivity index (χ2v) is 5.69. The fraction of sp³-hybridized carbons (Fsp3) is 0.417. The Bertz CT molecular complexity index is 610. The number of hydrogen-bond acceptors (Lipinski definition) is 7. The van der Waals surface area contributed by atoms with Crippen molar-refractivity contribution in [2.24, 2.45) is 0 Å². The molecule has 0 amide bonds. The van der Waals surface area contributed by atoms with Gasteiger partial charge >= 0.3 is 4.87 Å². The Labute approximate surface area is 125 Å². The summed E-state index contributed by atoms with van der Waals surface area (Å²) in [5.74, 6) is 1.56. The molecule has 2 aromatic rings. The molecular formula is C12H17N5OS2. The van der Waals surface area contributed by atoms with Gasteiger partial charge in [-0.05, 0) is 12.7 Å². The molecule has 2 heterocycles. The molecule has 0 spiro atoms. The zero-order chi connectivity index (χ0) is 14.4. The van der Waals surface area contributed by atoms with E-state index in [1.165, 1.54) is 11.8 Å². The van der Waals surface area contributed by atoms with Crippen LogP contribution in [0.25, 0.3) is 0 Å². The van der Waals surface area contributed by atoms with Gasteiger partial charge in [0.25, 0.3) is 0 Å². The van der Waals surface area contributed by atoms with Gasteiger partial charge in [0.15, 0.2) is 5.16 Å². The van der Waals surface area contributed by atoms with Crippen molar-refractivity contribution in [3.8, 4) is 0 Å². The molecule has 0 bridgehead atoms. The number of hydrogen-bond donors (Lipinski definition) is 3. The monoisotopic (exact) mass is 311 g/mol. The maximum Gasteiger partial charge on any atom is 0.304 e. The number of nitrogens with zero attached hydrogens (tertiary/aromatic N) is 2. The SMILES string of the molecule is CCCNc1cc(NCc2csc(=O)[nH]2)nc(SC)n1. The number of thioether (sulfide) groups is 1. The molecule has 0 aromatic carbocycles. The van der Waals surface area contributed by atoms with E-state index in [2.05, 4.69) is 32.5 Å². The Morgan fingerprint density at radius 3 is 2.70 bits per heavy atom. The second kappa shape index (κ2) is 7.30. The largest absolute Gasteiger partial charge is 0.370 e. The Balaban J connectivity index is 2.07. The number of aromatic amines is 1. The first kappa shape index (κ1) is 14.9. The van der Waals surface area contributed by atoms with Gasteiger partial charge in [0.05, 0.1) is 6.54 Å². The molecule has 20 heavy (non-hydrogen) atoms. The number of anilines is 2. The lowest BCUT2D eigenvalue weighted by Gasteiger charge is -2.09. The lowest BCUT2D eigenvalue weighted by atomic mass is 10.4. The number of aromatic nitrogens is 3. The highest BCUT2D eigenvalue weighted by Crippen LogP contribution is 2.17. The molecule has 8 heteroatoms. The Morgan fingerprint density at radius 2 is 2.10 bits per heavy atom. The third-order valence-electron chi connectivity index (χ3n) is 2.48. The maximum atomic E-state index is 11.1. The van der Waals surface area contributed by atoms with Crippen LogP contribution in [-0.2, 0) is 6.54 Å². The predicted octanol–water partition coefficient (Wildman–Crippen LogP) is 2.38. The summed E-state index contributed by atoms with van der Waals surface area (Å²) < 4.78 is 0. The van der Waals surface area contributed by atoms with E-state index in [1.807, 2.05) is 17.7 Å². The van der Waals surface area contributed by atoms with Crippen LogP contribution in [0.4, 0.5) is 11.6 Å². The van der Waals surface area contributed by atoms with E-state index in [9.17, 15) is 4.79 Å². The number of nitrogens with one attached hydrogen (secondary N) is 3. The van der Waals surface area contributed by atoms with Crippen molar-refractivity contribution in [3.05, 3.63) is 26.8 Å². The van der Waals surface area contributed by atoms with Gasteiger partial charge < -0.3 is 15.6 Å². The van der Waals surface area contributed by atoms with Gasteiger partial charge in [-0.25, -0.2) is 9.97 Å². The lowest BCUT2D eigenvalue weighted by Crippen LogP contribution is -2.08. The first-order chi connectivity index (χ1) is 9.71. The van der Waals surface area contributed by atoms with Gasteiger partial charge in [-0.1, -0.05) is 30.0 Å². The highest BCUT2D eigenvalue weighted by atomic mass is 32.2. The van der Waals surface area contributed by atoms with E-state index in [1.54, 1.807) is 0 Å². The summed E-state index contributed by atoms with van der Waals surface area (Å²) in [5, 5.41) is 8.97. The van der Waals surface area contributed by atoms with Gasteiger partial charge in [0.1, 0.15) is 11.6 Å². The summed E-state index contributed by atoms with van der Waals surface area (Å²) in [6.07, 6.45) is 2.98. The van der Waals surface area contributed by atoms with Gasteiger partial charge in [0.2, 0.25) is 0 Å². The standard InChI is InChI=1S/C12H17N5OS2/c1-3-4-13-9-5-10(17-11(16-9)19-2)14-6-8-7-20-12(18)15-8/h5,7H,3-4,6H2,1-2H3,(H,15,18)(H2,13,14,16,17). The van der Waals surface area contributed by atoms with E-state index in [-0.39, 0.29) is 4.87 Å². The molecule has 6 nitrogen and oxygen atoms in total. The van der Waals surface area contributed by atoms with Crippen molar-refractivity contribution in [2.45, 2.75) is 25.0 Å². The second-order valence-electron chi connectivity index (χ2n) is 4.08. The van der Waals surface area contributed by atoms with Gasteiger partial charge in [-0.15, -0.1) is 0 Å². The van der Waals surface area contributed by atoms with Crippen LogP contribution in [0, 0.1) is 0 Å². The smallest absolute Gasteiger partial charge is 0.304 e. The summed E-state index contributed by atoms with van der Waals surface area (Å²) in [6, 6.07) is 1.87. The van der Waals surface area contributed by atoms with E-state index in [0.29, 0.717) is 11.7 Å². The number of thiazole rings is 1. The molecule has 0 aliphatic carbocycles. The van der Waals surface area contributed by atoms with Crippen LogP contribution in [0.2, 0.25) is 0 Å². The zero-order valence-corrected chi connectivity index (χ0v) is 13.0. The molecule has 0 aliphatic heterocycles. The quantitative estimate of drug-likeness (QED) is 0.538. The minimum atomic E-state index is -0.0420. The molecule has 0 saturated heterocycles. The van der Waals surface area contributed by atoms with Crippen LogP contribution in [0.3, 0.4) is 0 Å². The molecule has 0 saturated carbocycles. The highest BCUT2D eigenvalue weighted by Gasteiger charge is 2.04. The Morgan fingerprint density at radius 1 is 1.35 bits per heavy atom. The van der Waals surface area contributed by atoms with Crippen molar-refractivity contribution in [1.29, 1.82) is 0 Å². The van der Waals surface area contributed by atoms with Crippen molar-refractivity contribution in [1.82, 2.24) is 15.0 Å². The average molecular weight is 311 g/mol. The van der Waals surface area contributed by atoms with Crippen LogP contribution >= 0.6 is 23.1 Å². The Kier molecular flexibility index (Phi) is 5.42. The van der Waals surface area contributed by atoms with Crippen LogP contribution < -0.4 is 15.5 Å². The molecule has 2 aromatic heterocycles. The van der Waals surface area contributed by atoms with E-state index in [4.69, 9.17) is 0 Å². The Hall–Kier alpha value is -1.54.